The maximum Gasteiger partial charge on any atom is 0.326 e. The number of benzene rings is 1. The molecule has 0 aromatic heterocycles. The monoisotopic (exact) mass is 654 g/mol. The van der Waals surface area contributed by atoms with Crippen LogP contribution in [0.15, 0.2) is 23.1 Å². The number of likely N-dealkylation sites (tertiary alicyclic amines) is 1. The van der Waals surface area contributed by atoms with E-state index in [1.807, 2.05) is 0 Å². The molecule has 1 aromatic rings. The smallest absolute Gasteiger partial charge is 0.326 e. The van der Waals surface area contributed by atoms with Gasteiger partial charge in [0.25, 0.3) is 0 Å². The maximum atomic E-state index is 13.2. The van der Waals surface area contributed by atoms with Crippen molar-refractivity contribution < 1.29 is 36.3 Å². The zero-order valence-electron chi connectivity index (χ0n) is 22.9. The fourth-order valence-corrected chi connectivity index (χ4v) is 8.03. The van der Waals surface area contributed by atoms with Crippen molar-refractivity contribution in [2.24, 2.45) is 5.92 Å². The highest BCUT2D eigenvalue weighted by Crippen LogP contribution is 2.30. The third-order valence-corrected chi connectivity index (χ3v) is 11.5. The van der Waals surface area contributed by atoms with Crippen LogP contribution in [0.3, 0.4) is 0 Å². The van der Waals surface area contributed by atoms with Gasteiger partial charge in [0, 0.05) is 42.6 Å². The third-order valence-electron chi connectivity index (χ3n) is 7.37. The van der Waals surface area contributed by atoms with Crippen LogP contribution in [0.2, 0.25) is 10.0 Å². The van der Waals surface area contributed by atoms with Gasteiger partial charge in [0.1, 0.15) is 12.1 Å². The van der Waals surface area contributed by atoms with E-state index in [-0.39, 0.29) is 52.6 Å². The molecule has 0 aliphatic carbocycles. The Kier molecular flexibility index (Phi) is 11.5. The first-order chi connectivity index (χ1) is 19.1. The van der Waals surface area contributed by atoms with Gasteiger partial charge < -0.3 is 15.3 Å². The molecule has 230 valence electrons. The van der Waals surface area contributed by atoms with Crippen molar-refractivity contribution in [1.82, 2.24) is 19.2 Å². The van der Waals surface area contributed by atoms with Crippen molar-refractivity contribution >= 4 is 61.0 Å². The first kappa shape index (κ1) is 33.5. The molecule has 2 fully saturated rings. The quantitative estimate of drug-likeness (QED) is 0.307. The number of carboxylic acids is 1. The van der Waals surface area contributed by atoms with Gasteiger partial charge in [-0.3, -0.25) is 9.59 Å². The summed E-state index contributed by atoms with van der Waals surface area (Å²) in [5.74, 6) is -2.28. The summed E-state index contributed by atoms with van der Waals surface area (Å²) in [5.41, 5.74) is 0. The average molecular weight is 656 g/mol. The Morgan fingerprint density at radius 2 is 1.61 bits per heavy atom. The average Bonchev–Trinajstić information content (AvgIpc) is 3.40. The van der Waals surface area contributed by atoms with E-state index in [0.29, 0.717) is 38.9 Å². The lowest BCUT2D eigenvalue weighted by Gasteiger charge is -2.32. The van der Waals surface area contributed by atoms with Crippen molar-refractivity contribution in [3.63, 3.8) is 0 Å². The molecule has 1 unspecified atom stereocenters. The molecule has 2 heterocycles. The van der Waals surface area contributed by atoms with Crippen molar-refractivity contribution in [3.05, 3.63) is 28.2 Å². The highest BCUT2D eigenvalue weighted by atomic mass is 35.5. The van der Waals surface area contributed by atoms with Crippen molar-refractivity contribution in [3.8, 4) is 0 Å². The fourth-order valence-electron chi connectivity index (χ4n) is 4.84. The summed E-state index contributed by atoms with van der Waals surface area (Å²) in [6.45, 7) is 4.39. The minimum Gasteiger partial charge on any atom is -0.480 e. The summed E-state index contributed by atoms with van der Waals surface area (Å²) >= 11 is 11.9. The van der Waals surface area contributed by atoms with Crippen LogP contribution in [0, 0.1) is 5.92 Å². The second kappa shape index (κ2) is 14.0. The van der Waals surface area contributed by atoms with E-state index in [1.165, 1.54) is 18.2 Å². The number of amides is 2. The number of carbonyl (C=O) groups is 3. The summed E-state index contributed by atoms with van der Waals surface area (Å²) in [5, 5.41) is 11.8. The molecule has 2 amide bonds. The Morgan fingerprint density at radius 1 is 1.00 bits per heavy atom. The molecule has 2 aliphatic heterocycles. The number of hydrogen-bond donors (Lipinski definition) is 3. The number of carboxylic acid groups (broad SMARTS) is 1. The molecule has 3 N–H and O–H groups in total. The minimum atomic E-state index is -4.14. The second-order valence-electron chi connectivity index (χ2n) is 10.6. The zero-order valence-corrected chi connectivity index (χ0v) is 26.0. The van der Waals surface area contributed by atoms with Gasteiger partial charge in [-0.25, -0.2) is 26.4 Å². The molecule has 2 aliphatic rings. The summed E-state index contributed by atoms with van der Waals surface area (Å²) in [4.78, 5) is 39.2. The molecule has 0 bridgehead atoms. The molecule has 1 aromatic carbocycles. The number of sulfonamides is 2. The Labute approximate surface area is 250 Å². The van der Waals surface area contributed by atoms with Crippen LogP contribution in [-0.2, 0) is 34.4 Å². The van der Waals surface area contributed by atoms with E-state index < -0.39 is 49.3 Å². The van der Waals surface area contributed by atoms with E-state index in [0.717, 1.165) is 4.31 Å². The Balaban J connectivity index is 1.54. The van der Waals surface area contributed by atoms with Gasteiger partial charge in [-0.2, -0.15) is 4.31 Å². The molecule has 41 heavy (non-hydrogen) atoms. The zero-order chi connectivity index (χ0) is 30.5. The number of aliphatic carboxylic acids is 1. The number of piperidine rings is 1. The molecule has 16 heteroatoms. The van der Waals surface area contributed by atoms with Gasteiger partial charge in [0.2, 0.25) is 31.9 Å². The molecule has 0 radical (unpaired) electrons. The molecule has 12 nitrogen and oxygen atoms in total. The Bertz CT molecular complexity index is 1330. The number of halogens is 2. The standard InChI is InChI=1S/C25H36Cl2N4O8S2/c1-16(2)40(36,37)28-15-17-7-10-30(11-8-17)23(32)6-5-21(25(34)35)29-24(33)22-4-3-9-31(22)41(38,39)20-13-18(26)12-19(27)14-20/h12-14,16-17,21-22,28H,3-11,15H2,1-2H3,(H,29,33)(H,34,35)/t21?,22-/m0/s1. The van der Waals surface area contributed by atoms with E-state index in [1.54, 1.807) is 18.7 Å². The molecular formula is C25H36Cl2N4O8S2. The molecular weight excluding hydrogens is 619 g/mol. The topological polar surface area (TPSA) is 170 Å². The second-order valence-corrected chi connectivity index (χ2v) is 15.7. The lowest BCUT2D eigenvalue weighted by Crippen LogP contribution is -2.51. The molecule has 0 spiro atoms. The predicted molar refractivity (Wildman–Crippen MR) is 154 cm³/mol. The van der Waals surface area contributed by atoms with Gasteiger partial charge >= 0.3 is 5.97 Å². The summed E-state index contributed by atoms with van der Waals surface area (Å²) < 4.78 is 54.0. The number of carbonyl (C=O) groups excluding carboxylic acids is 2. The minimum absolute atomic E-state index is 0.0651. The van der Waals surface area contributed by atoms with Crippen LogP contribution in [0.4, 0.5) is 0 Å². The van der Waals surface area contributed by atoms with Gasteiger partial charge in [0.05, 0.1) is 10.1 Å². The van der Waals surface area contributed by atoms with E-state index in [9.17, 15) is 36.3 Å². The van der Waals surface area contributed by atoms with E-state index in [4.69, 9.17) is 23.2 Å². The normalized spacial score (nSPS) is 19.8. The largest absolute Gasteiger partial charge is 0.480 e. The Hall–Kier alpha value is -1.97. The van der Waals surface area contributed by atoms with Crippen molar-refractivity contribution in [1.29, 1.82) is 0 Å². The van der Waals surface area contributed by atoms with E-state index >= 15 is 0 Å². The predicted octanol–water partition coefficient (Wildman–Crippen LogP) is 2.06. The number of nitrogens with one attached hydrogen (secondary N) is 2. The third kappa shape index (κ3) is 8.77. The van der Waals surface area contributed by atoms with Crippen LogP contribution in [0.25, 0.3) is 0 Å². The van der Waals surface area contributed by atoms with Crippen LogP contribution >= 0.6 is 23.2 Å². The molecule has 2 atom stereocenters. The Morgan fingerprint density at radius 3 is 2.17 bits per heavy atom. The van der Waals surface area contributed by atoms with Gasteiger partial charge in [-0.15, -0.1) is 0 Å². The van der Waals surface area contributed by atoms with Crippen molar-refractivity contribution in [2.45, 2.75) is 74.6 Å². The lowest BCUT2D eigenvalue weighted by molar-refractivity contribution is -0.143. The number of nitrogens with zero attached hydrogens (tertiary/aromatic N) is 2. The van der Waals surface area contributed by atoms with Gasteiger partial charge in [-0.1, -0.05) is 23.2 Å². The number of hydrogen-bond acceptors (Lipinski definition) is 7. The fraction of sp³-hybridized carbons (Fsp3) is 0.640. The maximum absolute atomic E-state index is 13.2. The van der Waals surface area contributed by atoms with Crippen LogP contribution in [0.5, 0.6) is 0 Å². The van der Waals surface area contributed by atoms with Crippen molar-refractivity contribution in [2.75, 3.05) is 26.2 Å². The summed E-state index contributed by atoms with van der Waals surface area (Å²) in [6, 6.07) is 1.33. The van der Waals surface area contributed by atoms with Crippen LogP contribution in [0.1, 0.15) is 52.4 Å². The van der Waals surface area contributed by atoms with Gasteiger partial charge in [0.15, 0.2) is 0 Å². The summed E-state index contributed by atoms with van der Waals surface area (Å²) in [7, 11) is -7.51. The molecule has 0 saturated carbocycles. The SMILES string of the molecule is CC(C)S(=O)(=O)NCC1CCN(C(=O)CCC(NC(=O)[C@@H]2CCCN2S(=O)(=O)c2cc(Cl)cc(Cl)c2)C(=O)O)CC1. The first-order valence-electron chi connectivity index (χ1n) is 13.4. The van der Waals surface area contributed by atoms with Gasteiger partial charge in [-0.05, 0) is 70.1 Å². The number of rotatable bonds is 12. The molecule has 2 saturated heterocycles. The lowest BCUT2D eigenvalue weighted by atomic mass is 9.96. The highest BCUT2D eigenvalue weighted by Gasteiger charge is 2.41. The highest BCUT2D eigenvalue weighted by molar-refractivity contribution is 7.90. The van der Waals surface area contributed by atoms with Crippen LogP contribution in [-0.4, -0.2) is 92.4 Å². The summed E-state index contributed by atoms with van der Waals surface area (Å²) in [6.07, 6.45) is 1.52. The first-order valence-corrected chi connectivity index (χ1v) is 17.1. The molecule has 3 rings (SSSR count). The van der Waals surface area contributed by atoms with Crippen LogP contribution < -0.4 is 10.0 Å². The van der Waals surface area contributed by atoms with E-state index in [2.05, 4.69) is 10.0 Å².